The molecule has 0 spiro atoms. The molecule has 0 fully saturated rings. The van der Waals surface area contributed by atoms with Crippen LogP contribution in [0.5, 0.6) is 11.5 Å². The average Bonchev–Trinajstić information content (AvgIpc) is 3.01. The number of carbonyl (C=O) groups is 3. The third-order valence-electron chi connectivity index (χ3n) is 4.05. The summed E-state index contributed by atoms with van der Waals surface area (Å²) in [5, 5.41) is 0. The fourth-order valence-electron chi connectivity index (χ4n) is 2.69. The van der Waals surface area contributed by atoms with Gasteiger partial charge in [-0.05, 0) is 32.0 Å². The molecule has 8 heteroatoms. The monoisotopic (exact) mass is 388 g/mol. The van der Waals surface area contributed by atoms with Crippen molar-refractivity contribution in [2.24, 2.45) is 0 Å². The van der Waals surface area contributed by atoms with Crippen LogP contribution < -0.4 is 20.3 Å². The number of benzene rings is 1. The van der Waals surface area contributed by atoms with E-state index in [2.05, 4.69) is 10.9 Å². The fourth-order valence-corrected chi connectivity index (χ4v) is 3.63. The van der Waals surface area contributed by atoms with Gasteiger partial charge in [0.25, 0.3) is 5.91 Å². The summed E-state index contributed by atoms with van der Waals surface area (Å²) in [6, 6.07) is 8.87. The van der Waals surface area contributed by atoms with Crippen molar-refractivity contribution in [3.8, 4) is 11.5 Å². The number of aryl methyl sites for hydroxylation is 2. The molecule has 2 N–H and O–H groups in total. The van der Waals surface area contributed by atoms with Gasteiger partial charge in [0.15, 0.2) is 17.3 Å². The van der Waals surface area contributed by atoms with Gasteiger partial charge in [0.1, 0.15) is 6.61 Å². The summed E-state index contributed by atoms with van der Waals surface area (Å²) < 4.78 is 11.0. The molecule has 1 atom stereocenters. The summed E-state index contributed by atoms with van der Waals surface area (Å²) in [4.78, 5) is 38.2. The van der Waals surface area contributed by atoms with E-state index in [4.69, 9.17) is 9.47 Å². The molecule has 1 aromatic heterocycles. The largest absolute Gasteiger partial charge is 0.485 e. The number of nitrogens with one attached hydrogen (secondary N) is 2. The first kappa shape index (κ1) is 18.9. The van der Waals surface area contributed by atoms with Crippen molar-refractivity contribution < 1.29 is 23.9 Å². The van der Waals surface area contributed by atoms with E-state index in [0.717, 1.165) is 9.75 Å². The van der Waals surface area contributed by atoms with E-state index in [-0.39, 0.29) is 25.2 Å². The van der Waals surface area contributed by atoms with Crippen molar-refractivity contribution in [3.63, 3.8) is 0 Å². The van der Waals surface area contributed by atoms with Crippen LogP contribution in [0.25, 0.3) is 0 Å². The molecular formula is C19H20N2O5S. The van der Waals surface area contributed by atoms with Crippen LogP contribution in [0, 0.1) is 13.8 Å². The molecule has 3 rings (SSSR count). The van der Waals surface area contributed by atoms with E-state index in [1.807, 2.05) is 26.0 Å². The normalized spacial score (nSPS) is 15.1. The smallest absolute Gasteiger partial charge is 0.283 e. The molecule has 2 heterocycles. The van der Waals surface area contributed by atoms with Crippen molar-refractivity contribution in [2.75, 3.05) is 6.61 Å². The van der Waals surface area contributed by atoms with Crippen molar-refractivity contribution >= 4 is 28.9 Å². The second-order valence-electron chi connectivity index (χ2n) is 6.15. The van der Waals surface area contributed by atoms with Crippen LogP contribution in [0.4, 0.5) is 0 Å². The number of fused-ring (bicyclic) bond motifs is 1. The molecule has 0 radical (unpaired) electrons. The zero-order valence-electron chi connectivity index (χ0n) is 15.0. The topological polar surface area (TPSA) is 93.7 Å². The van der Waals surface area contributed by atoms with Gasteiger partial charge in [0, 0.05) is 28.2 Å². The molecule has 1 aromatic carbocycles. The van der Waals surface area contributed by atoms with E-state index >= 15 is 0 Å². The number of thiophene rings is 1. The number of ether oxygens (including phenoxy) is 2. The van der Waals surface area contributed by atoms with Gasteiger partial charge in [-0.15, -0.1) is 11.3 Å². The van der Waals surface area contributed by atoms with E-state index < -0.39 is 17.9 Å². The highest BCUT2D eigenvalue weighted by Gasteiger charge is 2.27. The van der Waals surface area contributed by atoms with Crippen LogP contribution in [0.15, 0.2) is 30.3 Å². The van der Waals surface area contributed by atoms with Gasteiger partial charge >= 0.3 is 0 Å². The first-order chi connectivity index (χ1) is 12.9. The Morgan fingerprint density at radius 2 is 1.85 bits per heavy atom. The number of para-hydroxylation sites is 2. The van der Waals surface area contributed by atoms with Gasteiger partial charge in [-0.25, -0.2) is 0 Å². The molecule has 0 saturated carbocycles. The predicted molar refractivity (Wildman–Crippen MR) is 100.0 cm³/mol. The highest BCUT2D eigenvalue weighted by atomic mass is 32.1. The van der Waals surface area contributed by atoms with Crippen molar-refractivity contribution in [1.29, 1.82) is 0 Å². The van der Waals surface area contributed by atoms with Crippen LogP contribution in [0.1, 0.15) is 33.0 Å². The summed E-state index contributed by atoms with van der Waals surface area (Å²) in [7, 11) is 0. The Bertz CT molecular complexity index is 877. The standard InChI is InChI=1S/C19H20N2O5S/c1-11-9-13(12(2)27-11)14(22)7-8-18(23)20-21-19(24)17-10-25-15-5-3-4-6-16(15)26-17/h3-6,9,17H,7-8,10H2,1-2H3,(H,20,23)(H,21,24). The lowest BCUT2D eigenvalue weighted by molar-refractivity contribution is -0.135. The van der Waals surface area contributed by atoms with Crippen LogP contribution in [0.3, 0.4) is 0 Å². The molecular weight excluding hydrogens is 368 g/mol. The van der Waals surface area contributed by atoms with Crippen LogP contribution >= 0.6 is 11.3 Å². The quantitative estimate of drug-likeness (QED) is 0.606. The lowest BCUT2D eigenvalue weighted by Gasteiger charge is -2.25. The molecule has 2 amide bonds. The number of rotatable bonds is 5. The van der Waals surface area contributed by atoms with Crippen molar-refractivity contribution in [3.05, 3.63) is 45.6 Å². The molecule has 142 valence electrons. The number of hydrogen-bond acceptors (Lipinski definition) is 6. The van der Waals surface area contributed by atoms with Crippen LogP contribution in [0.2, 0.25) is 0 Å². The minimum atomic E-state index is -0.863. The van der Waals surface area contributed by atoms with Gasteiger partial charge in [-0.2, -0.15) is 0 Å². The summed E-state index contributed by atoms with van der Waals surface area (Å²) >= 11 is 1.55. The minimum absolute atomic E-state index is 0.0156. The molecule has 0 bridgehead atoms. The highest BCUT2D eigenvalue weighted by Crippen LogP contribution is 2.30. The number of carbonyl (C=O) groups excluding carboxylic acids is 3. The molecule has 27 heavy (non-hydrogen) atoms. The lowest BCUT2D eigenvalue weighted by Crippen LogP contribution is -2.50. The highest BCUT2D eigenvalue weighted by molar-refractivity contribution is 7.12. The summed E-state index contributed by atoms with van der Waals surface area (Å²) in [5.74, 6) is -0.00355. The molecule has 1 unspecified atom stereocenters. The summed E-state index contributed by atoms with van der Waals surface area (Å²) in [6.07, 6.45) is -0.800. The zero-order valence-corrected chi connectivity index (χ0v) is 15.9. The number of amides is 2. The van der Waals surface area contributed by atoms with E-state index in [1.165, 1.54) is 0 Å². The Labute approximate surface area is 160 Å². The second-order valence-corrected chi connectivity index (χ2v) is 7.61. The third kappa shape index (κ3) is 4.65. The second kappa shape index (κ2) is 8.22. The molecule has 0 aliphatic carbocycles. The lowest BCUT2D eigenvalue weighted by atomic mass is 10.1. The SMILES string of the molecule is Cc1cc(C(=O)CCC(=O)NNC(=O)C2COc3ccccc3O2)c(C)s1. The van der Waals surface area contributed by atoms with Gasteiger partial charge < -0.3 is 9.47 Å². The van der Waals surface area contributed by atoms with Gasteiger partial charge in [-0.3, -0.25) is 25.2 Å². The Morgan fingerprint density at radius 3 is 2.56 bits per heavy atom. The Kier molecular flexibility index (Phi) is 5.75. The predicted octanol–water partition coefficient (Wildman–Crippen LogP) is 2.32. The summed E-state index contributed by atoms with van der Waals surface area (Å²) in [6.45, 7) is 3.87. The number of ketones is 1. The molecule has 1 aliphatic rings. The molecule has 2 aromatic rings. The first-order valence-electron chi connectivity index (χ1n) is 8.51. The first-order valence-corrected chi connectivity index (χ1v) is 9.33. The zero-order chi connectivity index (χ0) is 19.4. The Morgan fingerprint density at radius 1 is 1.11 bits per heavy atom. The summed E-state index contributed by atoms with van der Waals surface area (Å²) in [5.41, 5.74) is 5.27. The maximum Gasteiger partial charge on any atom is 0.283 e. The average molecular weight is 388 g/mol. The van der Waals surface area contributed by atoms with E-state index in [9.17, 15) is 14.4 Å². The number of hydrogen-bond donors (Lipinski definition) is 2. The number of hydrazine groups is 1. The van der Waals surface area contributed by atoms with Crippen molar-refractivity contribution in [1.82, 2.24) is 10.9 Å². The molecule has 7 nitrogen and oxygen atoms in total. The minimum Gasteiger partial charge on any atom is -0.485 e. The van der Waals surface area contributed by atoms with Gasteiger partial charge in [0.2, 0.25) is 12.0 Å². The number of Topliss-reactive ketones (excluding diaryl/α,β-unsaturated/α-hetero) is 1. The van der Waals surface area contributed by atoms with E-state index in [1.54, 1.807) is 29.5 Å². The van der Waals surface area contributed by atoms with Crippen LogP contribution in [-0.4, -0.2) is 30.3 Å². The van der Waals surface area contributed by atoms with Gasteiger partial charge in [0.05, 0.1) is 0 Å². The fraction of sp³-hybridized carbons (Fsp3) is 0.316. The molecule has 1 aliphatic heterocycles. The Hall–Kier alpha value is -2.87. The molecule has 0 saturated heterocycles. The van der Waals surface area contributed by atoms with Gasteiger partial charge in [-0.1, -0.05) is 12.1 Å². The van der Waals surface area contributed by atoms with Crippen LogP contribution in [-0.2, 0) is 9.59 Å². The maximum atomic E-state index is 12.2. The Balaban J connectivity index is 1.43. The third-order valence-corrected chi connectivity index (χ3v) is 5.01. The van der Waals surface area contributed by atoms with Crippen molar-refractivity contribution in [2.45, 2.75) is 32.8 Å². The maximum absolute atomic E-state index is 12.2. The van der Waals surface area contributed by atoms with E-state index in [0.29, 0.717) is 17.1 Å².